The van der Waals surface area contributed by atoms with E-state index >= 15 is 0 Å². The number of nitrogens with zero attached hydrogens (tertiary/aromatic N) is 4. The maximum atomic E-state index is 10.2. The molecule has 2 aromatic heterocycles. The molecule has 0 atom stereocenters. The van der Waals surface area contributed by atoms with Crippen molar-refractivity contribution in [2.24, 2.45) is 0 Å². The van der Waals surface area contributed by atoms with E-state index in [2.05, 4.69) is 74.1 Å². The van der Waals surface area contributed by atoms with Gasteiger partial charge in [0.1, 0.15) is 0 Å². The van der Waals surface area contributed by atoms with Crippen LogP contribution in [0.5, 0.6) is 0 Å². The Labute approximate surface area is 276 Å². The number of rotatable bonds is 4. The number of aryl methyl sites for hydroxylation is 4. The van der Waals surface area contributed by atoms with Crippen molar-refractivity contribution in [3.05, 3.63) is 95.1 Å². The molecule has 6 nitrogen and oxygen atoms in total. The minimum atomic E-state index is -0.826. The SMILES string of the molecule is Cc1cc(C)cc(-c2cccc(N(O)C(C)(C)C)n2)c1.Cc1cc(C)cc(-c2cccc(N(O)C(C)(C)C)n2)c1.[Cl][Zr][Cl]. The Bertz CT molecular complexity index is 1330. The van der Waals surface area contributed by atoms with Gasteiger partial charge >= 0.3 is 37.9 Å². The molecular weight excluding hydrogens is 659 g/mol. The van der Waals surface area contributed by atoms with Crippen LogP contribution in [0.1, 0.15) is 63.8 Å². The number of hydrogen-bond donors (Lipinski definition) is 2. The molecule has 0 radical (unpaired) electrons. The van der Waals surface area contributed by atoms with E-state index in [4.69, 9.17) is 17.0 Å². The summed E-state index contributed by atoms with van der Waals surface area (Å²) in [4.78, 5) is 9.14. The monoisotopic (exact) mass is 700 g/mol. The van der Waals surface area contributed by atoms with Crippen molar-refractivity contribution >= 4 is 28.7 Å². The fourth-order valence-electron chi connectivity index (χ4n) is 4.34. The average Bonchev–Trinajstić information content (AvgIpc) is 2.91. The van der Waals surface area contributed by atoms with Gasteiger partial charge in [-0.25, -0.2) is 20.1 Å². The predicted octanol–water partition coefficient (Wildman–Crippen LogP) is 10.1. The van der Waals surface area contributed by atoms with Crippen molar-refractivity contribution in [2.75, 3.05) is 10.1 Å². The number of benzene rings is 2. The summed E-state index contributed by atoms with van der Waals surface area (Å²) in [6.45, 7) is 20.0. The molecule has 230 valence electrons. The summed E-state index contributed by atoms with van der Waals surface area (Å²) in [7, 11) is 9.87. The summed E-state index contributed by atoms with van der Waals surface area (Å²) < 4.78 is 0. The van der Waals surface area contributed by atoms with Crippen LogP contribution in [0, 0.1) is 27.7 Å². The molecule has 0 aliphatic carbocycles. The van der Waals surface area contributed by atoms with Crippen molar-refractivity contribution in [3.63, 3.8) is 0 Å². The number of aromatic nitrogens is 2. The van der Waals surface area contributed by atoms with Gasteiger partial charge in [-0.3, -0.25) is 10.4 Å². The summed E-state index contributed by atoms with van der Waals surface area (Å²) in [5, 5.41) is 22.8. The van der Waals surface area contributed by atoms with Crippen molar-refractivity contribution in [3.8, 4) is 22.5 Å². The van der Waals surface area contributed by atoms with Gasteiger partial charge in [0.2, 0.25) is 0 Å². The van der Waals surface area contributed by atoms with Crippen molar-refractivity contribution in [1.82, 2.24) is 9.97 Å². The zero-order valence-electron chi connectivity index (χ0n) is 26.9. The van der Waals surface area contributed by atoms with Crippen molar-refractivity contribution in [2.45, 2.75) is 80.3 Å². The molecule has 43 heavy (non-hydrogen) atoms. The molecule has 4 rings (SSSR count). The molecule has 4 aromatic rings. The molecule has 2 aromatic carbocycles. The molecule has 0 aliphatic rings. The first-order valence-electron chi connectivity index (χ1n) is 14.0. The van der Waals surface area contributed by atoms with Gasteiger partial charge in [0, 0.05) is 11.1 Å². The molecule has 9 heteroatoms. The summed E-state index contributed by atoms with van der Waals surface area (Å²) >= 11 is -0.826. The zero-order chi connectivity index (χ0) is 32.5. The molecule has 0 fully saturated rings. The fraction of sp³-hybridized carbons (Fsp3) is 0.353. The van der Waals surface area contributed by atoms with Crippen LogP contribution in [0.15, 0.2) is 72.8 Å². The van der Waals surface area contributed by atoms with E-state index in [9.17, 15) is 10.4 Å². The molecule has 2 heterocycles. The molecule has 0 saturated heterocycles. The zero-order valence-corrected chi connectivity index (χ0v) is 30.8. The Morgan fingerprint density at radius 3 is 1.09 bits per heavy atom. The molecular formula is C34H44Cl2N4O2Zr. The van der Waals surface area contributed by atoms with Crippen molar-refractivity contribution < 1.29 is 31.3 Å². The molecule has 0 unspecified atom stereocenters. The molecule has 0 aliphatic heterocycles. The minimum absolute atomic E-state index is 0.381. The molecule has 2 N–H and O–H groups in total. The molecule has 0 spiro atoms. The van der Waals surface area contributed by atoms with Gasteiger partial charge in [-0.1, -0.05) is 46.5 Å². The van der Waals surface area contributed by atoms with Crippen LogP contribution in [0.25, 0.3) is 22.5 Å². The number of hydrogen-bond acceptors (Lipinski definition) is 6. The first kappa shape index (κ1) is 36.9. The average molecular weight is 703 g/mol. The van der Waals surface area contributed by atoms with Gasteiger partial charge in [-0.2, -0.15) is 0 Å². The Morgan fingerprint density at radius 2 is 0.837 bits per heavy atom. The first-order valence-corrected chi connectivity index (χ1v) is 20.3. The second-order valence-electron chi connectivity index (χ2n) is 12.6. The number of halogens is 2. The molecule has 0 bridgehead atoms. The third-order valence-corrected chi connectivity index (χ3v) is 6.21. The summed E-state index contributed by atoms with van der Waals surface area (Å²) in [6, 6.07) is 24.1. The standard InChI is InChI=1S/2C17H22N2O.2ClH.Zr/c2*1-12-9-13(2)11-14(10-12)15-7-6-8-16(18-15)19(20)17(3,4)5;;;/h2*6-11,20H,1-5H3;2*1H;/q;;;;+2/p-2. The third kappa shape index (κ3) is 11.6. The van der Waals surface area contributed by atoms with Gasteiger partial charge in [-0.15, -0.1) is 0 Å². The van der Waals surface area contributed by atoms with E-state index in [1.165, 1.54) is 32.4 Å². The van der Waals surface area contributed by atoms with Crippen LogP contribution < -0.4 is 10.1 Å². The number of hydroxylamine groups is 2. The fourth-order valence-corrected chi connectivity index (χ4v) is 4.34. The number of pyridine rings is 2. The van der Waals surface area contributed by atoms with E-state index < -0.39 is 20.8 Å². The Kier molecular flexibility index (Phi) is 13.9. The Balaban J connectivity index is 0.000000275. The van der Waals surface area contributed by atoms with Crippen LogP contribution in [0.2, 0.25) is 0 Å². The van der Waals surface area contributed by atoms with E-state index in [-0.39, 0.29) is 11.1 Å². The van der Waals surface area contributed by atoms with Gasteiger partial charge in [0.15, 0.2) is 11.6 Å². The molecule has 0 saturated carbocycles. The van der Waals surface area contributed by atoms with Gasteiger partial charge in [0.05, 0.1) is 22.5 Å². The summed E-state index contributed by atoms with van der Waals surface area (Å²) in [5.41, 5.74) is 7.98. The van der Waals surface area contributed by atoms with Crippen LogP contribution >= 0.6 is 17.0 Å². The summed E-state index contributed by atoms with van der Waals surface area (Å²) in [5.74, 6) is 1.13. The van der Waals surface area contributed by atoms with Crippen molar-refractivity contribution in [1.29, 1.82) is 0 Å². The van der Waals surface area contributed by atoms with Gasteiger partial charge < -0.3 is 0 Å². The molecule has 0 amide bonds. The van der Waals surface area contributed by atoms with E-state index in [1.807, 2.05) is 77.9 Å². The van der Waals surface area contributed by atoms with E-state index in [1.54, 1.807) is 0 Å². The van der Waals surface area contributed by atoms with Gasteiger partial charge in [-0.05, 0) is 118 Å². The second-order valence-corrected chi connectivity index (χ2v) is 16.3. The van der Waals surface area contributed by atoms with Crippen LogP contribution in [0.3, 0.4) is 0 Å². The normalized spacial score (nSPS) is 11.0. The topological polar surface area (TPSA) is 72.7 Å². The van der Waals surface area contributed by atoms with E-state index in [0.717, 1.165) is 22.5 Å². The third-order valence-electron chi connectivity index (χ3n) is 6.21. The van der Waals surface area contributed by atoms with Crippen LogP contribution in [0.4, 0.5) is 11.6 Å². The predicted molar refractivity (Wildman–Crippen MR) is 178 cm³/mol. The Hall–Kier alpha value is -2.28. The maximum absolute atomic E-state index is 10.2. The van der Waals surface area contributed by atoms with Crippen LogP contribution in [-0.4, -0.2) is 31.5 Å². The Morgan fingerprint density at radius 1 is 0.558 bits per heavy atom. The number of anilines is 2. The summed E-state index contributed by atoms with van der Waals surface area (Å²) in [6.07, 6.45) is 0. The first-order chi connectivity index (χ1) is 20.0. The van der Waals surface area contributed by atoms with Crippen LogP contribution in [-0.2, 0) is 20.8 Å². The van der Waals surface area contributed by atoms with Gasteiger partial charge in [0.25, 0.3) is 0 Å². The quantitative estimate of drug-likeness (QED) is 0.206. The van der Waals surface area contributed by atoms with E-state index in [0.29, 0.717) is 11.6 Å². The second kappa shape index (κ2) is 16.2.